The number of aryl methyl sites for hydroxylation is 1. The molecule has 3 aromatic rings. The first-order valence-electron chi connectivity index (χ1n) is 8.69. The molecular formula is C22H22N2O2S. The number of carbonyl (C=O) groups is 1. The number of amides is 2. The molecule has 27 heavy (non-hydrogen) atoms. The Morgan fingerprint density at radius 2 is 1.67 bits per heavy atom. The predicted octanol–water partition coefficient (Wildman–Crippen LogP) is 5.61. The van der Waals surface area contributed by atoms with Crippen LogP contribution >= 0.6 is 11.8 Å². The highest BCUT2D eigenvalue weighted by molar-refractivity contribution is 7.99. The minimum atomic E-state index is -0.304. The van der Waals surface area contributed by atoms with Gasteiger partial charge in [0.15, 0.2) is 6.73 Å². The van der Waals surface area contributed by atoms with Crippen molar-refractivity contribution in [3.05, 3.63) is 83.9 Å². The molecule has 0 bridgehead atoms. The molecule has 4 nitrogen and oxygen atoms in total. The Labute approximate surface area is 164 Å². The van der Waals surface area contributed by atoms with Crippen molar-refractivity contribution in [1.29, 1.82) is 0 Å². The van der Waals surface area contributed by atoms with Gasteiger partial charge in [-0.25, -0.2) is 4.79 Å². The highest BCUT2D eigenvalue weighted by Crippen LogP contribution is 2.33. The number of nitrogens with one attached hydrogen (secondary N) is 2. The van der Waals surface area contributed by atoms with Crippen molar-refractivity contribution in [2.45, 2.75) is 23.6 Å². The maximum absolute atomic E-state index is 12.2. The number of rotatable bonds is 6. The van der Waals surface area contributed by atoms with Crippen LogP contribution in [0.15, 0.2) is 82.6 Å². The Morgan fingerprint density at radius 3 is 2.48 bits per heavy atom. The minimum absolute atomic E-state index is 0.101. The van der Waals surface area contributed by atoms with Crippen LogP contribution in [0.1, 0.15) is 11.1 Å². The molecule has 0 unspecified atom stereocenters. The van der Waals surface area contributed by atoms with Gasteiger partial charge in [-0.2, -0.15) is 0 Å². The molecule has 0 aliphatic heterocycles. The van der Waals surface area contributed by atoms with Crippen LogP contribution < -0.4 is 15.4 Å². The quantitative estimate of drug-likeness (QED) is 0.548. The van der Waals surface area contributed by atoms with Crippen LogP contribution in [-0.2, 0) is 0 Å². The Bertz CT molecular complexity index is 913. The number of ether oxygens (including phenoxy) is 1. The molecule has 0 atom stereocenters. The third-order valence-corrected chi connectivity index (χ3v) is 5.21. The Kier molecular flexibility index (Phi) is 6.39. The Balaban J connectivity index is 1.57. The fourth-order valence-electron chi connectivity index (χ4n) is 2.50. The van der Waals surface area contributed by atoms with Crippen LogP contribution in [0.2, 0.25) is 0 Å². The highest BCUT2D eigenvalue weighted by atomic mass is 32.2. The number of anilines is 1. The fraction of sp³-hybridized carbons (Fsp3) is 0.136. The zero-order valence-corrected chi connectivity index (χ0v) is 16.2. The third kappa shape index (κ3) is 5.28. The van der Waals surface area contributed by atoms with Crippen LogP contribution in [0.5, 0.6) is 5.75 Å². The van der Waals surface area contributed by atoms with E-state index in [4.69, 9.17) is 4.74 Å². The normalized spacial score (nSPS) is 10.3. The van der Waals surface area contributed by atoms with Crippen LogP contribution in [0.3, 0.4) is 0 Å². The summed E-state index contributed by atoms with van der Waals surface area (Å²) < 4.78 is 5.67. The smallest absolute Gasteiger partial charge is 0.321 e. The first kappa shape index (κ1) is 18.9. The van der Waals surface area contributed by atoms with Gasteiger partial charge in [-0.05, 0) is 55.3 Å². The van der Waals surface area contributed by atoms with Gasteiger partial charge in [0.1, 0.15) is 5.75 Å². The average molecular weight is 378 g/mol. The summed E-state index contributed by atoms with van der Waals surface area (Å²) in [4.78, 5) is 14.3. The molecule has 0 radical (unpaired) electrons. The SMILES string of the molecule is Cc1cccc(OCNC(=O)Nc2ccccc2Sc2ccccc2)c1C. The lowest BCUT2D eigenvalue weighted by Gasteiger charge is -2.14. The van der Waals surface area contributed by atoms with Crippen LogP contribution in [0, 0.1) is 13.8 Å². The van der Waals surface area contributed by atoms with Gasteiger partial charge in [0.2, 0.25) is 0 Å². The van der Waals surface area contributed by atoms with Crippen molar-refractivity contribution in [3.63, 3.8) is 0 Å². The summed E-state index contributed by atoms with van der Waals surface area (Å²) in [5, 5.41) is 5.63. The van der Waals surface area contributed by atoms with E-state index in [1.165, 1.54) is 0 Å². The summed E-state index contributed by atoms with van der Waals surface area (Å²) in [7, 11) is 0. The highest BCUT2D eigenvalue weighted by Gasteiger charge is 2.08. The summed E-state index contributed by atoms with van der Waals surface area (Å²) in [6.07, 6.45) is 0. The van der Waals surface area contributed by atoms with Crippen molar-refractivity contribution in [2.24, 2.45) is 0 Å². The number of carbonyl (C=O) groups excluding carboxylic acids is 1. The number of hydrogen-bond donors (Lipinski definition) is 2. The molecule has 0 saturated carbocycles. The number of benzene rings is 3. The zero-order valence-electron chi connectivity index (χ0n) is 15.4. The van der Waals surface area contributed by atoms with Gasteiger partial charge in [-0.3, -0.25) is 0 Å². The Morgan fingerprint density at radius 1 is 0.926 bits per heavy atom. The maximum atomic E-state index is 12.2. The molecule has 0 heterocycles. The Hall–Kier alpha value is -2.92. The standard InChI is InChI=1S/C22H22N2O2S/c1-16-9-8-13-20(17(16)2)26-15-23-22(25)24-19-12-6-7-14-21(19)27-18-10-4-3-5-11-18/h3-14H,15H2,1-2H3,(H2,23,24,25). The lowest BCUT2D eigenvalue weighted by molar-refractivity contribution is 0.234. The average Bonchev–Trinajstić information content (AvgIpc) is 2.67. The second-order valence-corrected chi connectivity index (χ2v) is 7.14. The molecule has 2 amide bonds. The summed E-state index contributed by atoms with van der Waals surface area (Å²) in [5.74, 6) is 0.773. The first-order chi connectivity index (χ1) is 13.1. The van der Waals surface area contributed by atoms with E-state index in [1.54, 1.807) is 11.8 Å². The van der Waals surface area contributed by atoms with Crippen LogP contribution in [0.4, 0.5) is 10.5 Å². The van der Waals surface area contributed by atoms with E-state index in [0.717, 1.165) is 32.4 Å². The second-order valence-electron chi connectivity index (χ2n) is 6.03. The van der Waals surface area contributed by atoms with Gasteiger partial charge in [0.25, 0.3) is 0 Å². The molecule has 3 rings (SSSR count). The molecule has 0 saturated heterocycles. The molecule has 138 valence electrons. The van der Waals surface area contributed by atoms with Crippen molar-refractivity contribution >= 4 is 23.5 Å². The van der Waals surface area contributed by atoms with Gasteiger partial charge in [-0.1, -0.05) is 54.2 Å². The second kappa shape index (κ2) is 9.14. The molecule has 0 aliphatic carbocycles. The van der Waals surface area contributed by atoms with E-state index in [9.17, 15) is 4.79 Å². The third-order valence-electron chi connectivity index (χ3n) is 4.12. The zero-order chi connectivity index (χ0) is 19.1. The number of hydrogen-bond acceptors (Lipinski definition) is 3. The van der Waals surface area contributed by atoms with Crippen molar-refractivity contribution in [1.82, 2.24) is 5.32 Å². The molecule has 2 N–H and O–H groups in total. The van der Waals surface area contributed by atoms with E-state index < -0.39 is 0 Å². The monoisotopic (exact) mass is 378 g/mol. The van der Waals surface area contributed by atoms with Gasteiger partial charge in [-0.15, -0.1) is 0 Å². The van der Waals surface area contributed by atoms with Crippen molar-refractivity contribution in [2.75, 3.05) is 12.0 Å². The van der Waals surface area contributed by atoms with Gasteiger partial charge in [0, 0.05) is 9.79 Å². The molecule has 0 spiro atoms. The first-order valence-corrected chi connectivity index (χ1v) is 9.51. The molecule has 3 aromatic carbocycles. The lowest BCUT2D eigenvalue weighted by Crippen LogP contribution is -2.32. The van der Waals surface area contributed by atoms with Gasteiger partial charge < -0.3 is 15.4 Å². The van der Waals surface area contributed by atoms with Crippen LogP contribution in [-0.4, -0.2) is 12.8 Å². The number of urea groups is 1. The summed E-state index contributed by atoms with van der Waals surface area (Å²) in [6, 6.07) is 23.3. The lowest BCUT2D eigenvalue weighted by atomic mass is 10.1. The maximum Gasteiger partial charge on any atom is 0.321 e. The minimum Gasteiger partial charge on any atom is -0.473 e. The van der Waals surface area contributed by atoms with Gasteiger partial charge >= 0.3 is 6.03 Å². The van der Waals surface area contributed by atoms with E-state index in [2.05, 4.69) is 10.6 Å². The summed E-state index contributed by atoms with van der Waals surface area (Å²) in [5.41, 5.74) is 2.99. The fourth-order valence-corrected chi connectivity index (χ4v) is 3.42. The van der Waals surface area contributed by atoms with E-state index in [-0.39, 0.29) is 12.8 Å². The molecular weight excluding hydrogens is 356 g/mol. The molecule has 0 aromatic heterocycles. The van der Waals surface area contributed by atoms with E-state index in [0.29, 0.717) is 0 Å². The summed E-state index contributed by atoms with van der Waals surface area (Å²) in [6.45, 7) is 4.13. The van der Waals surface area contributed by atoms with Crippen molar-refractivity contribution in [3.8, 4) is 5.75 Å². The van der Waals surface area contributed by atoms with Crippen LogP contribution in [0.25, 0.3) is 0 Å². The van der Waals surface area contributed by atoms with Gasteiger partial charge in [0.05, 0.1) is 5.69 Å². The van der Waals surface area contributed by atoms with E-state index in [1.807, 2.05) is 86.6 Å². The van der Waals surface area contributed by atoms with E-state index >= 15 is 0 Å². The molecule has 5 heteroatoms. The van der Waals surface area contributed by atoms with Crippen molar-refractivity contribution < 1.29 is 9.53 Å². The number of para-hydroxylation sites is 1. The topological polar surface area (TPSA) is 50.4 Å². The largest absolute Gasteiger partial charge is 0.473 e. The summed E-state index contributed by atoms with van der Waals surface area (Å²) >= 11 is 1.61. The molecule has 0 aliphatic rings. The molecule has 0 fully saturated rings. The predicted molar refractivity (Wildman–Crippen MR) is 111 cm³/mol.